The number of carbonyl (C=O) groups is 2. The molecule has 25 heavy (non-hydrogen) atoms. The number of ketones is 1. The van der Waals surface area contributed by atoms with Crippen LogP contribution in [0.4, 0.5) is 5.69 Å². The van der Waals surface area contributed by atoms with Crippen molar-refractivity contribution in [3.8, 4) is 0 Å². The Labute approximate surface area is 146 Å². The van der Waals surface area contributed by atoms with Gasteiger partial charge in [-0.2, -0.15) is 0 Å². The predicted molar refractivity (Wildman–Crippen MR) is 96.1 cm³/mol. The zero-order valence-electron chi connectivity index (χ0n) is 14.5. The topological polar surface area (TPSA) is 46.6 Å². The number of anilines is 1. The summed E-state index contributed by atoms with van der Waals surface area (Å²) >= 11 is 0. The molecule has 2 aromatic rings. The SMILES string of the molecule is Cc1ccc(/C=C2\OC3(CC2=O)C(=O)N(C)c2ccc(C)cc23)cc1. The van der Waals surface area contributed by atoms with Crippen LogP contribution in [-0.2, 0) is 19.9 Å². The fourth-order valence-electron chi connectivity index (χ4n) is 3.55. The van der Waals surface area contributed by atoms with Gasteiger partial charge in [0.15, 0.2) is 5.76 Å². The lowest BCUT2D eigenvalue weighted by Crippen LogP contribution is -2.38. The molecule has 1 amide bonds. The minimum atomic E-state index is -1.22. The summed E-state index contributed by atoms with van der Waals surface area (Å²) in [7, 11) is 1.72. The van der Waals surface area contributed by atoms with Crippen LogP contribution in [0.1, 0.15) is 28.7 Å². The molecule has 2 heterocycles. The monoisotopic (exact) mass is 333 g/mol. The summed E-state index contributed by atoms with van der Waals surface area (Å²) in [6, 6.07) is 13.6. The van der Waals surface area contributed by atoms with E-state index in [1.54, 1.807) is 18.0 Å². The van der Waals surface area contributed by atoms with E-state index in [0.29, 0.717) is 0 Å². The number of likely N-dealkylation sites (N-methyl/N-ethyl adjacent to an activating group) is 1. The number of Topliss-reactive ketones (excluding diaryl/α,β-unsaturated/α-hetero) is 1. The Balaban J connectivity index is 1.78. The number of rotatable bonds is 1. The molecular weight excluding hydrogens is 314 g/mol. The van der Waals surface area contributed by atoms with E-state index in [2.05, 4.69) is 0 Å². The van der Waals surface area contributed by atoms with Crippen molar-refractivity contribution in [1.82, 2.24) is 0 Å². The maximum atomic E-state index is 12.9. The normalized spacial score (nSPS) is 23.5. The van der Waals surface area contributed by atoms with E-state index in [1.165, 1.54) is 0 Å². The summed E-state index contributed by atoms with van der Waals surface area (Å²) in [4.78, 5) is 27.1. The van der Waals surface area contributed by atoms with Crippen molar-refractivity contribution >= 4 is 23.5 Å². The number of benzene rings is 2. The summed E-state index contributed by atoms with van der Waals surface area (Å²) in [5.74, 6) is -0.0783. The van der Waals surface area contributed by atoms with E-state index in [9.17, 15) is 9.59 Å². The molecule has 1 atom stereocenters. The molecule has 1 saturated heterocycles. The van der Waals surface area contributed by atoms with Gasteiger partial charge >= 0.3 is 0 Å². The third kappa shape index (κ3) is 2.29. The van der Waals surface area contributed by atoms with E-state index >= 15 is 0 Å². The molecule has 0 aliphatic carbocycles. The fourth-order valence-corrected chi connectivity index (χ4v) is 3.55. The van der Waals surface area contributed by atoms with E-state index in [0.717, 1.165) is 27.9 Å². The lowest BCUT2D eigenvalue weighted by Gasteiger charge is -2.21. The van der Waals surface area contributed by atoms with E-state index in [1.807, 2.05) is 56.3 Å². The first-order valence-electron chi connectivity index (χ1n) is 8.30. The standard InChI is InChI=1S/C21H19NO3/c1-13-4-7-15(8-5-13)11-19-18(23)12-21(25-19)16-10-14(2)6-9-17(16)22(3)20(21)24/h4-11H,12H2,1-3H3/b19-11-. The Kier molecular flexibility index (Phi) is 3.32. The van der Waals surface area contributed by atoms with Gasteiger partial charge < -0.3 is 9.64 Å². The van der Waals surface area contributed by atoms with Crippen LogP contribution >= 0.6 is 0 Å². The van der Waals surface area contributed by atoms with Crippen molar-refractivity contribution < 1.29 is 14.3 Å². The van der Waals surface area contributed by atoms with Gasteiger partial charge in [-0.15, -0.1) is 0 Å². The molecule has 0 aromatic heterocycles. The summed E-state index contributed by atoms with van der Waals surface area (Å²) in [6.07, 6.45) is 1.77. The summed E-state index contributed by atoms with van der Waals surface area (Å²) in [5, 5.41) is 0. The van der Waals surface area contributed by atoms with Crippen LogP contribution in [0.25, 0.3) is 6.08 Å². The fraction of sp³-hybridized carbons (Fsp3) is 0.238. The van der Waals surface area contributed by atoms with Gasteiger partial charge in [-0.05, 0) is 37.6 Å². The highest BCUT2D eigenvalue weighted by Crippen LogP contribution is 2.49. The van der Waals surface area contributed by atoms with Crippen LogP contribution < -0.4 is 4.90 Å². The molecule has 1 unspecified atom stereocenters. The molecule has 126 valence electrons. The highest BCUT2D eigenvalue weighted by molar-refractivity contribution is 6.13. The first-order valence-corrected chi connectivity index (χ1v) is 8.30. The van der Waals surface area contributed by atoms with Crippen molar-refractivity contribution in [3.63, 3.8) is 0 Å². The van der Waals surface area contributed by atoms with Crippen molar-refractivity contribution in [2.45, 2.75) is 25.9 Å². The number of aryl methyl sites for hydroxylation is 2. The second kappa shape index (κ2) is 5.31. The first kappa shape index (κ1) is 15.6. The van der Waals surface area contributed by atoms with Gasteiger partial charge in [-0.3, -0.25) is 9.59 Å². The lowest BCUT2D eigenvalue weighted by molar-refractivity contribution is -0.135. The summed E-state index contributed by atoms with van der Waals surface area (Å²) < 4.78 is 6.04. The maximum absolute atomic E-state index is 12.9. The molecular formula is C21H19NO3. The number of fused-ring (bicyclic) bond motifs is 2. The minimum absolute atomic E-state index is 0.0460. The van der Waals surface area contributed by atoms with Gasteiger partial charge in [0, 0.05) is 12.6 Å². The summed E-state index contributed by atoms with van der Waals surface area (Å²) in [6.45, 7) is 3.98. The molecule has 4 nitrogen and oxygen atoms in total. The van der Waals surface area contributed by atoms with Crippen LogP contribution in [0.3, 0.4) is 0 Å². The van der Waals surface area contributed by atoms with Crippen LogP contribution in [-0.4, -0.2) is 18.7 Å². The van der Waals surface area contributed by atoms with Crippen LogP contribution in [0, 0.1) is 13.8 Å². The number of hydrogen-bond acceptors (Lipinski definition) is 3. The Bertz CT molecular complexity index is 927. The molecule has 1 fully saturated rings. The Morgan fingerprint density at radius 3 is 2.44 bits per heavy atom. The van der Waals surface area contributed by atoms with Crippen molar-refractivity contribution in [2.24, 2.45) is 0 Å². The van der Waals surface area contributed by atoms with Crippen LogP contribution in [0.15, 0.2) is 48.2 Å². The maximum Gasteiger partial charge on any atom is 0.276 e. The molecule has 0 bridgehead atoms. The molecule has 4 heteroatoms. The number of allylic oxidation sites excluding steroid dienone is 1. The zero-order valence-corrected chi connectivity index (χ0v) is 14.5. The molecule has 0 radical (unpaired) electrons. The molecule has 0 N–H and O–H groups in total. The first-order chi connectivity index (χ1) is 11.9. The second-order valence-electron chi connectivity index (χ2n) is 6.83. The van der Waals surface area contributed by atoms with Crippen LogP contribution in [0.2, 0.25) is 0 Å². The highest BCUT2D eigenvalue weighted by Gasteiger charge is 2.58. The number of nitrogens with zero attached hydrogens (tertiary/aromatic N) is 1. The molecule has 2 aliphatic rings. The third-order valence-corrected chi connectivity index (χ3v) is 4.94. The lowest BCUT2D eigenvalue weighted by atomic mass is 9.91. The van der Waals surface area contributed by atoms with Gasteiger partial charge in [-0.1, -0.05) is 41.5 Å². The Hall–Kier alpha value is -2.88. The van der Waals surface area contributed by atoms with Gasteiger partial charge in [0.1, 0.15) is 0 Å². The Morgan fingerprint density at radius 2 is 1.72 bits per heavy atom. The van der Waals surface area contributed by atoms with Crippen molar-refractivity contribution in [1.29, 1.82) is 0 Å². The van der Waals surface area contributed by atoms with Gasteiger partial charge in [0.05, 0.1) is 12.1 Å². The number of ether oxygens (including phenoxy) is 1. The number of carbonyl (C=O) groups excluding carboxylic acids is 2. The van der Waals surface area contributed by atoms with E-state index in [-0.39, 0.29) is 23.9 Å². The average Bonchev–Trinajstić information content (AvgIpc) is 3.01. The molecule has 1 spiro atoms. The third-order valence-electron chi connectivity index (χ3n) is 4.94. The van der Waals surface area contributed by atoms with E-state index < -0.39 is 5.60 Å². The van der Waals surface area contributed by atoms with Gasteiger partial charge in [-0.25, -0.2) is 0 Å². The largest absolute Gasteiger partial charge is 0.468 e. The molecule has 2 aliphatic heterocycles. The summed E-state index contributed by atoms with van der Waals surface area (Å²) in [5.41, 5.74) is 3.43. The van der Waals surface area contributed by atoms with Crippen molar-refractivity contribution in [3.05, 3.63) is 70.5 Å². The quantitative estimate of drug-likeness (QED) is 0.750. The van der Waals surface area contributed by atoms with Gasteiger partial charge in [0.2, 0.25) is 11.4 Å². The Morgan fingerprint density at radius 1 is 1.04 bits per heavy atom. The average molecular weight is 333 g/mol. The molecule has 0 saturated carbocycles. The number of amides is 1. The second-order valence-corrected chi connectivity index (χ2v) is 6.83. The van der Waals surface area contributed by atoms with Crippen molar-refractivity contribution in [2.75, 3.05) is 11.9 Å². The highest BCUT2D eigenvalue weighted by atomic mass is 16.5. The zero-order chi connectivity index (χ0) is 17.8. The molecule has 4 rings (SSSR count). The smallest absolute Gasteiger partial charge is 0.276 e. The van der Waals surface area contributed by atoms with E-state index in [4.69, 9.17) is 4.74 Å². The minimum Gasteiger partial charge on any atom is -0.468 e. The van der Waals surface area contributed by atoms with Crippen LogP contribution in [0.5, 0.6) is 0 Å². The van der Waals surface area contributed by atoms with Gasteiger partial charge in [0.25, 0.3) is 5.91 Å². The molecule has 2 aromatic carbocycles. The number of hydrogen-bond donors (Lipinski definition) is 0. The predicted octanol–water partition coefficient (Wildman–Crippen LogP) is 3.51.